The zero-order chi connectivity index (χ0) is 13.0. The minimum absolute atomic E-state index is 0.0780. The zero-order valence-corrected chi connectivity index (χ0v) is 11.3. The molecule has 1 N–H and O–H groups in total. The molecule has 1 aromatic heterocycles. The van der Waals surface area contributed by atoms with E-state index < -0.39 is 0 Å². The number of nitrogens with one attached hydrogen (secondary N) is 1. The summed E-state index contributed by atoms with van der Waals surface area (Å²) < 4.78 is 0. The summed E-state index contributed by atoms with van der Waals surface area (Å²) in [6.45, 7) is 2.81. The SMILES string of the molecule is CC(CNc1nc(Cl)nnc1Cl)c1ccccc1. The first-order valence-corrected chi connectivity index (χ1v) is 6.27. The molecular weight excluding hydrogens is 271 g/mol. The lowest BCUT2D eigenvalue weighted by atomic mass is 10.0. The first-order chi connectivity index (χ1) is 8.66. The number of benzene rings is 1. The third kappa shape index (κ3) is 3.31. The highest BCUT2D eigenvalue weighted by Crippen LogP contribution is 2.19. The Hall–Kier alpha value is -1.39. The lowest BCUT2D eigenvalue weighted by Gasteiger charge is -2.13. The van der Waals surface area contributed by atoms with Gasteiger partial charge in [-0.25, -0.2) is 0 Å². The van der Waals surface area contributed by atoms with Gasteiger partial charge in [-0.3, -0.25) is 0 Å². The van der Waals surface area contributed by atoms with Crippen molar-refractivity contribution in [1.29, 1.82) is 0 Å². The summed E-state index contributed by atoms with van der Waals surface area (Å²) in [7, 11) is 0. The fourth-order valence-electron chi connectivity index (χ4n) is 1.55. The molecule has 0 radical (unpaired) electrons. The quantitative estimate of drug-likeness (QED) is 0.934. The van der Waals surface area contributed by atoms with E-state index in [1.807, 2.05) is 18.2 Å². The van der Waals surface area contributed by atoms with Gasteiger partial charge in [-0.1, -0.05) is 48.9 Å². The van der Waals surface area contributed by atoms with Crippen LogP contribution in [0.15, 0.2) is 30.3 Å². The molecule has 0 saturated carbocycles. The number of nitrogens with zero attached hydrogens (tertiary/aromatic N) is 3. The molecule has 0 aliphatic rings. The second kappa shape index (κ2) is 5.98. The molecule has 94 valence electrons. The highest BCUT2D eigenvalue weighted by Gasteiger charge is 2.09. The van der Waals surface area contributed by atoms with E-state index in [1.165, 1.54) is 5.56 Å². The predicted molar refractivity (Wildman–Crippen MR) is 73.2 cm³/mol. The van der Waals surface area contributed by atoms with Crippen molar-refractivity contribution in [1.82, 2.24) is 15.2 Å². The van der Waals surface area contributed by atoms with Crippen molar-refractivity contribution in [3.05, 3.63) is 46.3 Å². The molecular formula is C12H12Cl2N4. The Kier molecular flexibility index (Phi) is 4.33. The van der Waals surface area contributed by atoms with E-state index in [2.05, 4.69) is 39.6 Å². The van der Waals surface area contributed by atoms with E-state index >= 15 is 0 Å². The minimum Gasteiger partial charge on any atom is -0.367 e. The molecule has 0 spiro atoms. The molecule has 0 fully saturated rings. The Balaban J connectivity index is 2.01. The molecule has 0 aliphatic heterocycles. The fourth-order valence-corrected chi connectivity index (χ4v) is 1.82. The first kappa shape index (κ1) is 13.1. The molecule has 2 aromatic rings. The Morgan fingerprint density at radius 1 is 1.17 bits per heavy atom. The number of hydrogen-bond donors (Lipinski definition) is 1. The Morgan fingerprint density at radius 3 is 2.61 bits per heavy atom. The van der Waals surface area contributed by atoms with Gasteiger partial charge in [-0.2, -0.15) is 4.98 Å². The van der Waals surface area contributed by atoms with E-state index in [9.17, 15) is 0 Å². The van der Waals surface area contributed by atoms with Crippen molar-refractivity contribution < 1.29 is 0 Å². The lowest BCUT2D eigenvalue weighted by Crippen LogP contribution is -2.12. The normalized spacial score (nSPS) is 12.2. The molecule has 2 rings (SSSR count). The molecule has 6 heteroatoms. The number of rotatable bonds is 4. The van der Waals surface area contributed by atoms with Gasteiger partial charge in [0.15, 0.2) is 11.0 Å². The minimum atomic E-state index is 0.0780. The van der Waals surface area contributed by atoms with E-state index in [4.69, 9.17) is 23.2 Å². The zero-order valence-electron chi connectivity index (χ0n) is 9.77. The van der Waals surface area contributed by atoms with Crippen molar-refractivity contribution in [3.63, 3.8) is 0 Å². The monoisotopic (exact) mass is 282 g/mol. The first-order valence-electron chi connectivity index (χ1n) is 5.51. The standard InChI is InChI=1S/C12H12Cl2N4/c1-8(9-5-3-2-4-6-9)7-15-11-10(13)17-18-12(14)16-11/h2-6,8H,7H2,1H3,(H,15,16,18). The fraction of sp³-hybridized carbons (Fsp3) is 0.250. The van der Waals surface area contributed by atoms with Crippen LogP contribution in [-0.2, 0) is 0 Å². The average Bonchev–Trinajstić information content (AvgIpc) is 2.40. The molecule has 1 heterocycles. The molecule has 1 unspecified atom stereocenters. The highest BCUT2D eigenvalue weighted by atomic mass is 35.5. The van der Waals surface area contributed by atoms with E-state index in [-0.39, 0.29) is 10.4 Å². The van der Waals surface area contributed by atoms with Crippen molar-refractivity contribution >= 4 is 29.0 Å². The van der Waals surface area contributed by atoms with Crippen molar-refractivity contribution in [2.45, 2.75) is 12.8 Å². The number of anilines is 1. The summed E-state index contributed by atoms with van der Waals surface area (Å²) >= 11 is 11.5. The van der Waals surface area contributed by atoms with Crippen molar-refractivity contribution in [2.24, 2.45) is 0 Å². The van der Waals surface area contributed by atoms with Gasteiger partial charge in [0, 0.05) is 6.54 Å². The van der Waals surface area contributed by atoms with Crippen LogP contribution in [0.1, 0.15) is 18.4 Å². The van der Waals surface area contributed by atoms with Crippen LogP contribution in [0.25, 0.3) is 0 Å². The summed E-state index contributed by atoms with van der Waals surface area (Å²) in [5.41, 5.74) is 1.24. The van der Waals surface area contributed by atoms with Crippen LogP contribution in [0.3, 0.4) is 0 Å². The molecule has 0 bridgehead atoms. The van der Waals surface area contributed by atoms with Crippen molar-refractivity contribution in [3.8, 4) is 0 Å². The molecule has 4 nitrogen and oxygen atoms in total. The number of hydrogen-bond acceptors (Lipinski definition) is 4. The number of aromatic nitrogens is 3. The third-order valence-corrected chi connectivity index (χ3v) is 2.98. The largest absolute Gasteiger partial charge is 0.367 e. The smallest absolute Gasteiger partial charge is 0.245 e. The Morgan fingerprint density at radius 2 is 1.89 bits per heavy atom. The summed E-state index contributed by atoms with van der Waals surface area (Å²) in [4.78, 5) is 3.99. The van der Waals surface area contributed by atoms with Gasteiger partial charge in [0.25, 0.3) is 0 Å². The molecule has 18 heavy (non-hydrogen) atoms. The molecule has 0 saturated heterocycles. The van der Waals surface area contributed by atoms with E-state index in [0.29, 0.717) is 18.3 Å². The number of halogens is 2. The van der Waals surface area contributed by atoms with E-state index in [0.717, 1.165) is 0 Å². The van der Waals surface area contributed by atoms with Crippen LogP contribution in [-0.4, -0.2) is 21.7 Å². The summed E-state index contributed by atoms with van der Waals surface area (Å²) in [5, 5.41) is 10.7. The van der Waals surface area contributed by atoms with Crippen LogP contribution in [0, 0.1) is 0 Å². The highest BCUT2D eigenvalue weighted by molar-refractivity contribution is 6.32. The van der Waals surface area contributed by atoms with Crippen LogP contribution in [0.4, 0.5) is 5.82 Å². The second-order valence-electron chi connectivity index (χ2n) is 3.91. The topological polar surface area (TPSA) is 50.7 Å². The van der Waals surface area contributed by atoms with Gasteiger partial charge >= 0.3 is 0 Å². The predicted octanol–water partition coefficient (Wildman–Crippen LogP) is 3.39. The summed E-state index contributed by atoms with van der Waals surface area (Å²) in [6, 6.07) is 10.2. The molecule has 0 amide bonds. The van der Waals surface area contributed by atoms with Crippen LogP contribution >= 0.6 is 23.2 Å². The summed E-state index contributed by atoms with van der Waals surface area (Å²) in [6.07, 6.45) is 0. The second-order valence-corrected chi connectivity index (χ2v) is 4.61. The maximum absolute atomic E-state index is 5.87. The van der Waals surface area contributed by atoms with Gasteiger partial charge in [-0.15, -0.1) is 10.2 Å². The summed E-state index contributed by atoms with van der Waals surface area (Å²) in [5.74, 6) is 0.787. The Bertz CT molecular complexity index is 519. The van der Waals surface area contributed by atoms with Gasteiger partial charge in [0.2, 0.25) is 5.28 Å². The lowest BCUT2D eigenvalue weighted by molar-refractivity contribution is 0.798. The van der Waals surface area contributed by atoms with Crippen LogP contribution < -0.4 is 5.32 Å². The van der Waals surface area contributed by atoms with Gasteiger partial charge in [0.05, 0.1) is 0 Å². The van der Waals surface area contributed by atoms with Gasteiger partial charge < -0.3 is 5.32 Å². The van der Waals surface area contributed by atoms with Gasteiger partial charge in [0.1, 0.15) is 0 Å². The molecule has 1 atom stereocenters. The van der Waals surface area contributed by atoms with Gasteiger partial charge in [-0.05, 0) is 23.1 Å². The van der Waals surface area contributed by atoms with Crippen molar-refractivity contribution in [2.75, 3.05) is 11.9 Å². The van der Waals surface area contributed by atoms with E-state index in [1.54, 1.807) is 0 Å². The van der Waals surface area contributed by atoms with Crippen LogP contribution in [0.2, 0.25) is 10.4 Å². The third-order valence-electron chi connectivity index (χ3n) is 2.56. The molecule has 1 aromatic carbocycles. The van der Waals surface area contributed by atoms with Crippen LogP contribution in [0.5, 0.6) is 0 Å². The average molecular weight is 283 g/mol. The maximum Gasteiger partial charge on any atom is 0.245 e. The Labute approximate surface area is 115 Å². The maximum atomic E-state index is 5.87. The molecule has 0 aliphatic carbocycles.